The molecule has 1 unspecified atom stereocenters. The number of nitrogens with one attached hydrogen (secondary N) is 1. The van der Waals surface area contributed by atoms with Gasteiger partial charge >= 0.3 is 5.97 Å². The first kappa shape index (κ1) is 14.0. The van der Waals surface area contributed by atoms with Crippen LogP contribution in [0.2, 0.25) is 0 Å². The van der Waals surface area contributed by atoms with Gasteiger partial charge in [-0.1, -0.05) is 6.92 Å². The van der Waals surface area contributed by atoms with Crippen LogP contribution in [0, 0.1) is 5.92 Å². The molecule has 0 aliphatic rings. The molecular formula is C13H17NO4. The maximum atomic E-state index is 11.7. The lowest BCUT2D eigenvalue weighted by molar-refractivity contribution is -0.141. The van der Waals surface area contributed by atoms with Crippen LogP contribution in [0.4, 0.5) is 0 Å². The quantitative estimate of drug-likeness (QED) is 0.804. The van der Waals surface area contributed by atoms with E-state index in [1.807, 2.05) is 0 Å². The van der Waals surface area contributed by atoms with Gasteiger partial charge in [0.05, 0.1) is 13.0 Å². The fourth-order valence-corrected chi connectivity index (χ4v) is 1.37. The summed E-state index contributed by atoms with van der Waals surface area (Å²) in [5.41, 5.74) is 0.527. The Hall–Kier alpha value is -2.04. The minimum absolute atomic E-state index is 0.213. The Morgan fingerprint density at radius 3 is 2.44 bits per heavy atom. The van der Waals surface area contributed by atoms with Crippen LogP contribution >= 0.6 is 0 Å². The second kappa shape index (κ2) is 6.64. The third-order valence-corrected chi connectivity index (χ3v) is 2.64. The van der Waals surface area contributed by atoms with Crippen LogP contribution in [0.5, 0.6) is 5.75 Å². The van der Waals surface area contributed by atoms with Crippen molar-refractivity contribution in [3.8, 4) is 5.75 Å². The third-order valence-electron chi connectivity index (χ3n) is 2.64. The molecule has 0 radical (unpaired) electrons. The third kappa shape index (κ3) is 4.08. The van der Waals surface area contributed by atoms with E-state index in [1.165, 1.54) is 0 Å². The van der Waals surface area contributed by atoms with Crippen LogP contribution < -0.4 is 10.1 Å². The molecule has 5 nitrogen and oxygen atoms in total. The zero-order chi connectivity index (χ0) is 13.5. The molecule has 0 aliphatic carbocycles. The number of ether oxygens (including phenoxy) is 1. The Labute approximate surface area is 106 Å². The van der Waals surface area contributed by atoms with Crippen molar-refractivity contribution in [2.45, 2.75) is 13.3 Å². The molecule has 5 heteroatoms. The first-order chi connectivity index (χ1) is 8.54. The number of hydrogen-bond acceptors (Lipinski definition) is 3. The fraction of sp³-hybridized carbons (Fsp3) is 0.385. The van der Waals surface area contributed by atoms with Crippen LogP contribution in [-0.2, 0) is 4.79 Å². The van der Waals surface area contributed by atoms with Gasteiger partial charge in [0.1, 0.15) is 5.75 Å². The van der Waals surface area contributed by atoms with Crippen molar-refractivity contribution >= 4 is 11.9 Å². The number of benzene rings is 1. The summed E-state index contributed by atoms with van der Waals surface area (Å²) in [4.78, 5) is 22.3. The Kier molecular flexibility index (Phi) is 5.17. The lowest BCUT2D eigenvalue weighted by Crippen LogP contribution is -2.26. The Balaban J connectivity index is 2.42. The summed E-state index contributed by atoms with van der Waals surface area (Å²) >= 11 is 0. The molecule has 0 spiro atoms. The predicted molar refractivity (Wildman–Crippen MR) is 66.7 cm³/mol. The number of rotatable bonds is 6. The predicted octanol–water partition coefficient (Wildman–Crippen LogP) is 1.54. The zero-order valence-electron chi connectivity index (χ0n) is 10.5. The van der Waals surface area contributed by atoms with Gasteiger partial charge in [0, 0.05) is 12.1 Å². The number of carbonyl (C=O) groups is 2. The summed E-state index contributed by atoms with van der Waals surface area (Å²) in [6.07, 6.45) is 0.414. The van der Waals surface area contributed by atoms with Crippen LogP contribution in [-0.4, -0.2) is 30.6 Å². The second-order valence-electron chi connectivity index (χ2n) is 4.01. The lowest BCUT2D eigenvalue weighted by atomic mass is 10.1. The van der Waals surface area contributed by atoms with Crippen molar-refractivity contribution in [2.24, 2.45) is 5.92 Å². The van der Waals surface area contributed by atoms with Crippen LogP contribution in [0.1, 0.15) is 23.7 Å². The topological polar surface area (TPSA) is 75.6 Å². The van der Waals surface area contributed by atoms with Gasteiger partial charge in [-0.25, -0.2) is 0 Å². The summed E-state index contributed by atoms with van der Waals surface area (Å²) in [5.74, 6) is -0.837. The molecule has 0 heterocycles. The average molecular weight is 251 g/mol. The van der Waals surface area contributed by atoms with E-state index in [-0.39, 0.29) is 5.91 Å². The van der Waals surface area contributed by atoms with Gasteiger partial charge in [-0.2, -0.15) is 0 Å². The number of aliphatic carboxylic acids is 1. The van der Waals surface area contributed by atoms with E-state index in [1.54, 1.807) is 38.3 Å². The smallest absolute Gasteiger partial charge is 0.306 e. The number of carboxylic acid groups (broad SMARTS) is 1. The van der Waals surface area contributed by atoms with Gasteiger partial charge in [0.25, 0.3) is 5.91 Å². The van der Waals surface area contributed by atoms with Crippen molar-refractivity contribution in [1.82, 2.24) is 5.32 Å². The Morgan fingerprint density at radius 1 is 1.33 bits per heavy atom. The minimum Gasteiger partial charge on any atom is -0.497 e. The molecule has 0 aromatic heterocycles. The minimum atomic E-state index is -0.853. The lowest BCUT2D eigenvalue weighted by Gasteiger charge is -2.08. The van der Waals surface area contributed by atoms with Crippen molar-refractivity contribution in [3.05, 3.63) is 29.8 Å². The number of methoxy groups -OCH3 is 1. The molecule has 1 aromatic carbocycles. The van der Waals surface area contributed by atoms with Crippen LogP contribution in [0.3, 0.4) is 0 Å². The molecule has 1 aromatic rings. The SMILES string of the molecule is COc1ccc(C(=O)NCCC(C)C(=O)O)cc1. The van der Waals surface area contributed by atoms with Crippen molar-refractivity contribution in [3.63, 3.8) is 0 Å². The van der Waals surface area contributed by atoms with E-state index in [9.17, 15) is 9.59 Å². The average Bonchev–Trinajstić information content (AvgIpc) is 2.38. The van der Waals surface area contributed by atoms with E-state index in [0.29, 0.717) is 24.3 Å². The monoisotopic (exact) mass is 251 g/mol. The van der Waals surface area contributed by atoms with Crippen molar-refractivity contribution in [2.75, 3.05) is 13.7 Å². The van der Waals surface area contributed by atoms with Gasteiger partial charge in [-0.3, -0.25) is 9.59 Å². The largest absolute Gasteiger partial charge is 0.497 e. The summed E-state index contributed by atoms with van der Waals surface area (Å²) in [6, 6.07) is 6.73. The highest BCUT2D eigenvalue weighted by atomic mass is 16.5. The highest BCUT2D eigenvalue weighted by molar-refractivity contribution is 5.94. The molecule has 1 rings (SSSR count). The van der Waals surface area contributed by atoms with E-state index < -0.39 is 11.9 Å². The molecule has 98 valence electrons. The fourth-order valence-electron chi connectivity index (χ4n) is 1.37. The molecule has 0 saturated heterocycles. The molecule has 1 amide bonds. The van der Waals surface area contributed by atoms with Crippen molar-refractivity contribution in [1.29, 1.82) is 0 Å². The van der Waals surface area contributed by atoms with E-state index in [4.69, 9.17) is 9.84 Å². The molecule has 0 saturated carbocycles. The molecule has 2 N–H and O–H groups in total. The molecular weight excluding hydrogens is 234 g/mol. The first-order valence-corrected chi connectivity index (χ1v) is 5.69. The highest BCUT2D eigenvalue weighted by Gasteiger charge is 2.11. The number of carbonyl (C=O) groups excluding carboxylic acids is 1. The molecule has 18 heavy (non-hydrogen) atoms. The standard InChI is InChI=1S/C13H17NO4/c1-9(13(16)17)7-8-14-12(15)10-3-5-11(18-2)6-4-10/h3-6,9H,7-8H2,1-2H3,(H,14,15)(H,16,17). The van der Waals surface area contributed by atoms with Gasteiger partial charge < -0.3 is 15.2 Å². The zero-order valence-corrected chi connectivity index (χ0v) is 10.5. The normalized spacial score (nSPS) is 11.7. The molecule has 0 fully saturated rings. The van der Waals surface area contributed by atoms with Crippen LogP contribution in [0.25, 0.3) is 0 Å². The Bertz CT molecular complexity index is 414. The molecule has 0 aliphatic heterocycles. The summed E-state index contributed by atoms with van der Waals surface area (Å²) < 4.78 is 4.99. The summed E-state index contributed by atoms with van der Waals surface area (Å²) in [7, 11) is 1.56. The van der Waals surface area contributed by atoms with E-state index >= 15 is 0 Å². The summed E-state index contributed by atoms with van der Waals surface area (Å²) in [6.45, 7) is 1.96. The highest BCUT2D eigenvalue weighted by Crippen LogP contribution is 2.11. The Morgan fingerprint density at radius 2 is 1.94 bits per heavy atom. The number of hydrogen-bond donors (Lipinski definition) is 2. The number of carboxylic acids is 1. The van der Waals surface area contributed by atoms with Crippen molar-refractivity contribution < 1.29 is 19.4 Å². The van der Waals surface area contributed by atoms with Gasteiger partial charge in [0.2, 0.25) is 0 Å². The van der Waals surface area contributed by atoms with Crippen LogP contribution in [0.15, 0.2) is 24.3 Å². The van der Waals surface area contributed by atoms with E-state index in [0.717, 1.165) is 0 Å². The van der Waals surface area contributed by atoms with Gasteiger partial charge in [0.15, 0.2) is 0 Å². The summed E-state index contributed by atoms with van der Waals surface area (Å²) in [5, 5.41) is 11.4. The molecule has 0 bridgehead atoms. The number of amides is 1. The first-order valence-electron chi connectivity index (χ1n) is 5.69. The maximum absolute atomic E-state index is 11.7. The van der Waals surface area contributed by atoms with Gasteiger partial charge in [-0.05, 0) is 30.7 Å². The molecule has 1 atom stereocenters. The van der Waals surface area contributed by atoms with E-state index in [2.05, 4.69) is 5.32 Å². The van der Waals surface area contributed by atoms with Gasteiger partial charge in [-0.15, -0.1) is 0 Å². The second-order valence-corrected chi connectivity index (χ2v) is 4.01. The maximum Gasteiger partial charge on any atom is 0.306 e.